The zero-order valence-corrected chi connectivity index (χ0v) is 18.9. The lowest BCUT2D eigenvalue weighted by atomic mass is 9.91. The fourth-order valence-electron chi connectivity index (χ4n) is 2.43. The third kappa shape index (κ3) is 6.80. The molecule has 0 unspecified atom stereocenters. The Labute approximate surface area is 173 Å². The fraction of sp³-hybridized carbons (Fsp3) is 0.600. The van der Waals surface area contributed by atoms with E-state index in [1.165, 1.54) is 22.5 Å². The summed E-state index contributed by atoms with van der Waals surface area (Å²) in [6.07, 6.45) is 0. The average molecular weight is 429 g/mol. The number of benzene rings is 1. The van der Waals surface area contributed by atoms with Crippen molar-refractivity contribution in [2.75, 3.05) is 45.3 Å². The second kappa shape index (κ2) is 10.7. The summed E-state index contributed by atoms with van der Waals surface area (Å²) in [5.41, 5.74) is -0.182. The number of esters is 1. The van der Waals surface area contributed by atoms with Gasteiger partial charge in [0.1, 0.15) is 0 Å². The van der Waals surface area contributed by atoms with Crippen LogP contribution in [0.15, 0.2) is 23.1 Å². The molecule has 1 rings (SSSR count). The molecular weight excluding hydrogens is 396 g/mol. The smallest absolute Gasteiger partial charge is 0.340 e. The third-order valence-corrected chi connectivity index (χ3v) is 6.39. The number of carbonyl (C=O) groups excluding carboxylic acids is 2. The molecule has 0 saturated heterocycles. The number of methoxy groups -OCH3 is 1. The maximum Gasteiger partial charge on any atom is 0.340 e. The van der Waals surface area contributed by atoms with Crippen LogP contribution in [0.1, 0.15) is 45.0 Å². The minimum absolute atomic E-state index is 0.00686. The molecule has 0 amide bonds. The number of Topliss-reactive ketones (excluding diaryl/α,β-unsaturated/α-hetero) is 1. The van der Waals surface area contributed by atoms with E-state index >= 15 is 0 Å². The highest BCUT2D eigenvalue weighted by Crippen LogP contribution is 2.24. The minimum Gasteiger partial charge on any atom is -0.454 e. The Balaban J connectivity index is 3.24. The molecule has 0 heterocycles. The molecule has 0 atom stereocenters. The molecule has 1 aromatic carbocycles. The van der Waals surface area contributed by atoms with Crippen LogP contribution in [-0.2, 0) is 24.3 Å². The van der Waals surface area contributed by atoms with E-state index in [0.29, 0.717) is 31.9 Å². The SMILES string of the molecule is CCN(CC)S(=O)(=O)c1ccc(NCCOC)c(C(=O)OCC(=O)C(C)(C)C)c1. The predicted octanol–water partition coefficient (Wildman–Crippen LogP) is 2.55. The molecule has 0 aliphatic heterocycles. The summed E-state index contributed by atoms with van der Waals surface area (Å²) < 4.78 is 37.1. The standard InChI is InChI=1S/C20H32N2O6S/c1-7-22(8-2)29(25,26)15-9-10-17(21-11-12-27-6)16(13-15)19(24)28-14-18(23)20(3,4)5/h9-10,13,21H,7-8,11-12,14H2,1-6H3. The van der Waals surface area contributed by atoms with E-state index in [-0.39, 0.29) is 22.8 Å². The van der Waals surface area contributed by atoms with Gasteiger partial charge in [-0.15, -0.1) is 0 Å². The van der Waals surface area contributed by atoms with Crippen molar-refractivity contribution in [1.29, 1.82) is 0 Å². The summed E-state index contributed by atoms with van der Waals surface area (Å²) in [6, 6.07) is 4.25. The maximum absolute atomic E-state index is 12.8. The number of ether oxygens (including phenoxy) is 2. The number of sulfonamides is 1. The lowest BCUT2D eigenvalue weighted by Gasteiger charge is -2.20. The Bertz CT molecular complexity index is 811. The van der Waals surface area contributed by atoms with Crippen molar-refractivity contribution in [3.8, 4) is 0 Å². The minimum atomic E-state index is -3.75. The number of rotatable bonds is 11. The van der Waals surface area contributed by atoms with E-state index in [2.05, 4.69) is 5.32 Å². The van der Waals surface area contributed by atoms with Gasteiger partial charge in [0.2, 0.25) is 10.0 Å². The van der Waals surface area contributed by atoms with Crippen LogP contribution in [0.25, 0.3) is 0 Å². The quantitative estimate of drug-likeness (QED) is 0.427. The van der Waals surface area contributed by atoms with Crippen LogP contribution < -0.4 is 5.32 Å². The monoisotopic (exact) mass is 428 g/mol. The van der Waals surface area contributed by atoms with Gasteiger partial charge in [-0.1, -0.05) is 34.6 Å². The highest BCUT2D eigenvalue weighted by Gasteiger charge is 2.26. The van der Waals surface area contributed by atoms with E-state index in [0.717, 1.165) is 0 Å². The number of hydrogen-bond donors (Lipinski definition) is 1. The highest BCUT2D eigenvalue weighted by atomic mass is 32.2. The number of hydrogen-bond acceptors (Lipinski definition) is 7. The predicted molar refractivity (Wildman–Crippen MR) is 112 cm³/mol. The van der Waals surface area contributed by atoms with Gasteiger partial charge in [-0.3, -0.25) is 4.79 Å². The summed E-state index contributed by atoms with van der Waals surface area (Å²) in [6.45, 7) is 9.75. The second-order valence-corrected chi connectivity index (χ2v) is 9.40. The number of ketones is 1. The summed E-state index contributed by atoms with van der Waals surface area (Å²) >= 11 is 0. The summed E-state index contributed by atoms with van der Waals surface area (Å²) in [7, 11) is -2.20. The van der Waals surface area contributed by atoms with E-state index in [4.69, 9.17) is 9.47 Å². The molecule has 164 valence electrons. The van der Waals surface area contributed by atoms with Gasteiger partial charge in [0.25, 0.3) is 0 Å². The van der Waals surface area contributed by atoms with Crippen LogP contribution in [0.4, 0.5) is 5.69 Å². The third-order valence-electron chi connectivity index (χ3n) is 4.35. The first-order chi connectivity index (χ1) is 13.5. The molecule has 9 heteroatoms. The van der Waals surface area contributed by atoms with Crippen molar-refractivity contribution in [3.63, 3.8) is 0 Å². The van der Waals surface area contributed by atoms with Crippen molar-refractivity contribution < 1.29 is 27.5 Å². The Kier molecular flexibility index (Phi) is 9.25. The van der Waals surface area contributed by atoms with Crippen molar-refractivity contribution in [2.45, 2.75) is 39.5 Å². The molecule has 0 bridgehead atoms. The van der Waals surface area contributed by atoms with Gasteiger partial charge in [0.15, 0.2) is 12.4 Å². The van der Waals surface area contributed by atoms with Crippen LogP contribution in [-0.4, -0.2) is 64.4 Å². The summed E-state index contributed by atoms with van der Waals surface area (Å²) in [4.78, 5) is 24.7. The normalized spacial score (nSPS) is 12.1. The molecule has 1 N–H and O–H groups in total. The topological polar surface area (TPSA) is 102 Å². The van der Waals surface area contributed by atoms with Gasteiger partial charge < -0.3 is 14.8 Å². The number of nitrogens with zero attached hydrogens (tertiary/aromatic N) is 1. The van der Waals surface area contributed by atoms with Gasteiger partial charge in [0, 0.05) is 37.8 Å². The molecule has 0 aromatic heterocycles. The highest BCUT2D eigenvalue weighted by molar-refractivity contribution is 7.89. The number of nitrogens with one attached hydrogen (secondary N) is 1. The first-order valence-corrected chi connectivity index (χ1v) is 11.0. The van der Waals surface area contributed by atoms with Crippen LogP contribution in [0.3, 0.4) is 0 Å². The molecule has 0 fully saturated rings. The number of carbonyl (C=O) groups is 2. The molecular formula is C20H32N2O6S. The van der Waals surface area contributed by atoms with E-state index in [9.17, 15) is 18.0 Å². The zero-order valence-electron chi connectivity index (χ0n) is 18.1. The lowest BCUT2D eigenvalue weighted by molar-refractivity contribution is -0.129. The van der Waals surface area contributed by atoms with Gasteiger partial charge in [-0.25, -0.2) is 13.2 Å². The van der Waals surface area contributed by atoms with Crippen LogP contribution in [0, 0.1) is 5.41 Å². The Hall–Kier alpha value is -1.97. The molecule has 0 aliphatic carbocycles. The maximum atomic E-state index is 12.8. The van der Waals surface area contributed by atoms with E-state index < -0.39 is 21.4 Å². The molecule has 0 saturated carbocycles. The van der Waals surface area contributed by atoms with Gasteiger partial charge in [-0.05, 0) is 18.2 Å². The Morgan fingerprint density at radius 3 is 2.28 bits per heavy atom. The molecule has 8 nitrogen and oxygen atoms in total. The summed E-state index contributed by atoms with van der Waals surface area (Å²) in [5.74, 6) is -0.995. The van der Waals surface area contributed by atoms with Crippen molar-refractivity contribution in [2.24, 2.45) is 5.41 Å². The van der Waals surface area contributed by atoms with Crippen molar-refractivity contribution in [3.05, 3.63) is 23.8 Å². The van der Waals surface area contributed by atoms with Gasteiger partial charge in [0.05, 0.1) is 17.1 Å². The van der Waals surface area contributed by atoms with Gasteiger partial charge in [-0.2, -0.15) is 4.31 Å². The molecule has 0 aliphatic rings. The van der Waals surface area contributed by atoms with Crippen LogP contribution >= 0.6 is 0 Å². The van der Waals surface area contributed by atoms with Gasteiger partial charge >= 0.3 is 5.97 Å². The largest absolute Gasteiger partial charge is 0.454 e. The number of anilines is 1. The lowest BCUT2D eigenvalue weighted by Crippen LogP contribution is -2.31. The summed E-state index contributed by atoms with van der Waals surface area (Å²) in [5, 5.41) is 3.03. The second-order valence-electron chi connectivity index (χ2n) is 7.47. The van der Waals surface area contributed by atoms with Crippen LogP contribution in [0.2, 0.25) is 0 Å². The Morgan fingerprint density at radius 1 is 1.14 bits per heavy atom. The fourth-order valence-corrected chi connectivity index (χ4v) is 3.92. The zero-order chi connectivity index (χ0) is 22.2. The Morgan fingerprint density at radius 2 is 1.76 bits per heavy atom. The molecule has 0 radical (unpaired) electrons. The average Bonchev–Trinajstić information content (AvgIpc) is 2.66. The van der Waals surface area contributed by atoms with E-state index in [1.807, 2.05) is 0 Å². The molecule has 29 heavy (non-hydrogen) atoms. The van der Waals surface area contributed by atoms with Crippen LogP contribution in [0.5, 0.6) is 0 Å². The first kappa shape index (κ1) is 25.1. The van der Waals surface area contributed by atoms with E-state index in [1.54, 1.807) is 41.7 Å². The van der Waals surface area contributed by atoms with Crippen molar-refractivity contribution >= 4 is 27.5 Å². The first-order valence-electron chi connectivity index (χ1n) is 9.56. The molecule has 1 aromatic rings. The molecule has 0 spiro atoms. The van der Waals surface area contributed by atoms with Crippen molar-refractivity contribution in [1.82, 2.24) is 4.31 Å².